The predicted octanol–water partition coefficient (Wildman–Crippen LogP) is 3.65. The number of carbonyl (C=O) groups excluding carboxylic acids is 1. The summed E-state index contributed by atoms with van der Waals surface area (Å²) in [5, 5.41) is 15.1. The summed E-state index contributed by atoms with van der Waals surface area (Å²) in [6.07, 6.45) is 0.446. The van der Waals surface area contributed by atoms with Crippen molar-refractivity contribution in [3.8, 4) is 5.75 Å². The summed E-state index contributed by atoms with van der Waals surface area (Å²) in [5.41, 5.74) is 0.435. The zero-order valence-electron chi connectivity index (χ0n) is 17.1. The highest BCUT2D eigenvalue weighted by Gasteiger charge is 2.44. The van der Waals surface area contributed by atoms with E-state index < -0.39 is 5.60 Å². The monoisotopic (exact) mass is 417 g/mol. The quantitative estimate of drug-likeness (QED) is 0.779. The van der Waals surface area contributed by atoms with E-state index in [2.05, 4.69) is 5.32 Å². The van der Waals surface area contributed by atoms with Crippen LogP contribution in [-0.2, 0) is 5.60 Å². The Morgan fingerprint density at radius 2 is 2.07 bits per heavy atom. The van der Waals surface area contributed by atoms with Crippen molar-refractivity contribution in [1.82, 2.24) is 9.80 Å². The molecule has 2 amide bonds. The normalized spacial score (nSPS) is 21.9. The highest BCUT2D eigenvalue weighted by atomic mass is 35.5. The summed E-state index contributed by atoms with van der Waals surface area (Å²) in [7, 11) is 5.55. The van der Waals surface area contributed by atoms with Gasteiger partial charge in [0.25, 0.3) is 0 Å². The molecule has 0 radical (unpaired) electrons. The molecule has 7 heteroatoms. The van der Waals surface area contributed by atoms with Gasteiger partial charge >= 0.3 is 6.03 Å². The Morgan fingerprint density at radius 1 is 1.31 bits per heavy atom. The third kappa shape index (κ3) is 5.01. The van der Waals surface area contributed by atoms with Gasteiger partial charge < -0.3 is 25.0 Å². The van der Waals surface area contributed by atoms with Crippen molar-refractivity contribution in [1.29, 1.82) is 0 Å². The van der Waals surface area contributed by atoms with Crippen molar-refractivity contribution in [2.75, 3.05) is 46.2 Å². The van der Waals surface area contributed by atoms with Crippen LogP contribution >= 0.6 is 11.6 Å². The van der Waals surface area contributed by atoms with Crippen LogP contribution in [0.5, 0.6) is 5.75 Å². The first-order valence-electron chi connectivity index (χ1n) is 9.65. The zero-order chi connectivity index (χ0) is 21.0. The first-order valence-corrected chi connectivity index (χ1v) is 10.0. The molecule has 2 N–H and O–H groups in total. The molecule has 2 unspecified atom stereocenters. The maximum absolute atomic E-state index is 12.8. The lowest BCUT2D eigenvalue weighted by Gasteiger charge is -2.45. The standard InChI is InChI=1S/C22H28ClN3O3/c1-25(2)14-17-15-26(21(27)24-19-8-5-7-18(23)13-19)11-10-22(17,28)16-6-4-9-20(12-16)29-3/h4-9,12-13,17,28H,10-11,14-15H2,1-3H3,(H,24,27). The number of ether oxygens (including phenoxy) is 1. The molecule has 2 aromatic carbocycles. The molecule has 0 saturated carbocycles. The number of anilines is 1. The van der Waals surface area contributed by atoms with E-state index >= 15 is 0 Å². The van der Waals surface area contributed by atoms with Gasteiger partial charge in [0.1, 0.15) is 5.75 Å². The van der Waals surface area contributed by atoms with Crippen molar-refractivity contribution in [2.24, 2.45) is 5.92 Å². The highest BCUT2D eigenvalue weighted by Crippen LogP contribution is 2.39. The van der Waals surface area contributed by atoms with Gasteiger partial charge in [-0.15, -0.1) is 0 Å². The number of aliphatic hydroxyl groups is 1. The van der Waals surface area contributed by atoms with Crippen LogP contribution < -0.4 is 10.1 Å². The van der Waals surface area contributed by atoms with Crippen LogP contribution in [0.15, 0.2) is 48.5 Å². The maximum Gasteiger partial charge on any atom is 0.321 e. The molecule has 1 saturated heterocycles. The molecule has 1 aliphatic heterocycles. The van der Waals surface area contributed by atoms with Crippen LogP contribution in [0.3, 0.4) is 0 Å². The number of hydrogen-bond acceptors (Lipinski definition) is 4. The lowest BCUT2D eigenvalue weighted by Crippen LogP contribution is -2.55. The van der Waals surface area contributed by atoms with Crippen LogP contribution in [-0.4, -0.2) is 61.8 Å². The van der Waals surface area contributed by atoms with E-state index in [1.54, 1.807) is 36.3 Å². The second-order valence-corrected chi connectivity index (χ2v) is 8.19. The Labute approximate surface area is 177 Å². The minimum atomic E-state index is -1.04. The van der Waals surface area contributed by atoms with Gasteiger partial charge in [-0.2, -0.15) is 0 Å². The van der Waals surface area contributed by atoms with E-state index in [1.807, 2.05) is 43.3 Å². The number of benzene rings is 2. The second kappa shape index (κ2) is 9.03. The third-order valence-corrected chi connectivity index (χ3v) is 5.63. The van der Waals surface area contributed by atoms with Gasteiger partial charge in [0.2, 0.25) is 0 Å². The lowest BCUT2D eigenvalue weighted by atomic mass is 9.75. The minimum absolute atomic E-state index is 0.150. The molecule has 1 heterocycles. The van der Waals surface area contributed by atoms with E-state index in [1.165, 1.54) is 0 Å². The fourth-order valence-corrected chi connectivity index (χ4v) is 4.08. The number of halogens is 1. The average molecular weight is 418 g/mol. The van der Waals surface area contributed by atoms with Gasteiger partial charge in [-0.3, -0.25) is 0 Å². The van der Waals surface area contributed by atoms with Crippen LogP contribution in [0, 0.1) is 5.92 Å². The van der Waals surface area contributed by atoms with Gasteiger partial charge in [0.15, 0.2) is 0 Å². The number of amides is 2. The molecule has 2 aromatic rings. The number of likely N-dealkylation sites (tertiary alicyclic amines) is 1. The van der Waals surface area contributed by atoms with Crippen LogP contribution in [0.2, 0.25) is 5.02 Å². The smallest absolute Gasteiger partial charge is 0.321 e. The summed E-state index contributed by atoms with van der Waals surface area (Å²) in [6.45, 7) is 1.54. The number of hydrogen-bond donors (Lipinski definition) is 2. The van der Waals surface area contributed by atoms with Crippen LogP contribution in [0.1, 0.15) is 12.0 Å². The van der Waals surface area contributed by atoms with Crippen molar-refractivity contribution >= 4 is 23.3 Å². The average Bonchev–Trinajstić information content (AvgIpc) is 2.69. The van der Waals surface area contributed by atoms with Gasteiger partial charge in [-0.25, -0.2) is 4.79 Å². The van der Waals surface area contributed by atoms with E-state index in [4.69, 9.17) is 16.3 Å². The number of carbonyl (C=O) groups is 1. The molecule has 0 aromatic heterocycles. The molecular formula is C22H28ClN3O3. The first kappa shape index (κ1) is 21.4. The van der Waals surface area contributed by atoms with E-state index in [-0.39, 0.29) is 11.9 Å². The van der Waals surface area contributed by atoms with E-state index in [0.717, 1.165) is 5.56 Å². The topological polar surface area (TPSA) is 65.0 Å². The summed E-state index contributed by atoms with van der Waals surface area (Å²) in [5.74, 6) is 0.559. The number of methoxy groups -OCH3 is 1. The Kier molecular flexibility index (Phi) is 6.67. The molecular weight excluding hydrogens is 390 g/mol. The molecule has 156 valence electrons. The van der Waals surface area contributed by atoms with Gasteiger partial charge in [-0.1, -0.05) is 29.8 Å². The van der Waals surface area contributed by atoms with E-state index in [0.29, 0.717) is 42.5 Å². The van der Waals surface area contributed by atoms with Gasteiger partial charge in [-0.05, 0) is 56.4 Å². The van der Waals surface area contributed by atoms with Crippen molar-refractivity contribution in [3.63, 3.8) is 0 Å². The third-order valence-electron chi connectivity index (χ3n) is 5.40. The number of nitrogens with one attached hydrogen (secondary N) is 1. The Bertz CT molecular complexity index is 861. The number of rotatable bonds is 5. The molecule has 29 heavy (non-hydrogen) atoms. The summed E-state index contributed by atoms with van der Waals surface area (Å²) in [6, 6.07) is 14.4. The summed E-state index contributed by atoms with van der Waals surface area (Å²) in [4.78, 5) is 16.6. The van der Waals surface area contributed by atoms with Crippen molar-refractivity contribution in [2.45, 2.75) is 12.0 Å². The van der Waals surface area contributed by atoms with Gasteiger partial charge in [0.05, 0.1) is 12.7 Å². The lowest BCUT2D eigenvalue weighted by molar-refractivity contribution is -0.0750. The summed E-state index contributed by atoms with van der Waals surface area (Å²) >= 11 is 6.01. The van der Waals surface area contributed by atoms with Crippen molar-refractivity contribution in [3.05, 3.63) is 59.1 Å². The van der Waals surface area contributed by atoms with Crippen LogP contribution in [0.4, 0.5) is 10.5 Å². The molecule has 2 atom stereocenters. The molecule has 6 nitrogen and oxygen atoms in total. The molecule has 3 rings (SSSR count). The predicted molar refractivity (Wildman–Crippen MR) is 116 cm³/mol. The SMILES string of the molecule is COc1cccc(C2(O)CCN(C(=O)Nc3cccc(Cl)c3)CC2CN(C)C)c1. The number of urea groups is 1. The molecule has 0 bridgehead atoms. The Morgan fingerprint density at radius 3 is 2.76 bits per heavy atom. The largest absolute Gasteiger partial charge is 0.497 e. The minimum Gasteiger partial charge on any atom is -0.497 e. The zero-order valence-corrected chi connectivity index (χ0v) is 17.8. The molecule has 1 fully saturated rings. The highest BCUT2D eigenvalue weighted by molar-refractivity contribution is 6.30. The van der Waals surface area contributed by atoms with Gasteiger partial charge in [0, 0.05) is 36.3 Å². The molecule has 1 aliphatic rings. The summed E-state index contributed by atoms with van der Waals surface area (Å²) < 4.78 is 5.34. The van der Waals surface area contributed by atoms with E-state index in [9.17, 15) is 9.90 Å². The second-order valence-electron chi connectivity index (χ2n) is 7.75. The fourth-order valence-electron chi connectivity index (χ4n) is 3.89. The number of piperidine rings is 1. The van der Waals surface area contributed by atoms with Crippen LogP contribution in [0.25, 0.3) is 0 Å². The van der Waals surface area contributed by atoms with Crippen molar-refractivity contribution < 1.29 is 14.6 Å². The fraction of sp³-hybridized carbons (Fsp3) is 0.409. The first-order chi connectivity index (χ1) is 13.8. The molecule has 0 aliphatic carbocycles. The number of nitrogens with zero attached hydrogens (tertiary/aromatic N) is 2. The Balaban J connectivity index is 1.80. The molecule has 0 spiro atoms. The Hall–Kier alpha value is -2.28. The maximum atomic E-state index is 12.8.